The van der Waals surface area contributed by atoms with E-state index in [1.807, 2.05) is 0 Å². The fourth-order valence-corrected chi connectivity index (χ4v) is 5.11. The molecule has 1 heterocycles. The molecule has 0 unspecified atom stereocenters. The Morgan fingerprint density at radius 2 is 2.00 bits per heavy atom. The van der Waals surface area contributed by atoms with Crippen molar-refractivity contribution in [3.05, 3.63) is 22.4 Å². The van der Waals surface area contributed by atoms with Gasteiger partial charge in [-0.25, -0.2) is 8.42 Å². The summed E-state index contributed by atoms with van der Waals surface area (Å²) in [5, 5.41) is 7.39. The predicted octanol–water partition coefficient (Wildman–Crippen LogP) is 2.63. The van der Waals surface area contributed by atoms with Crippen LogP contribution in [0.5, 0.6) is 0 Å². The van der Waals surface area contributed by atoms with Crippen molar-refractivity contribution >= 4 is 21.2 Å². The van der Waals surface area contributed by atoms with E-state index >= 15 is 0 Å². The molecule has 0 spiro atoms. The molecule has 1 fully saturated rings. The van der Waals surface area contributed by atoms with Crippen LogP contribution in [0.3, 0.4) is 0 Å². The summed E-state index contributed by atoms with van der Waals surface area (Å²) in [5.74, 6) is 0.293. The van der Waals surface area contributed by atoms with Gasteiger partial charge in [0.15, 0.2) is 9.84 Å². The Morgan fingerprint density at radius 3 is 2.68 bits per heavy atom. The largest absolute Gasteiger partial charge is 0.315 e. The lowest BCUT2D eigenvalue weighted by atomic mass is 10.0. The van der Waals surface area contributed by atoms with Crippen LogP contribution in [-0.2, 0) is 16.3 Å². The highest BCUT2D eigenvalue weighted by Gasteiger charge is 2.26. The second-order valence-electron chi connectivity index (χ2n) is 5.26. The van der Waals surface area contributed by atoms with Crippen molar-refractivity contribution < 1.29 is 8.42 Å². The number of hydrogen-bond donors (Lipinski definition) is 1. The van der Waals surface area contributed by atoms with Gasteiger partial charge in [-0.15, -0.1) is 0 Å². The first kappa shape index (κ1) is 15.0. The third-order valence-corrected chi connectivity index (χ3v) is 6.79. The molecule has 0 atom stereocenters. The number of nitrogens with one attached hydrogen (secondary N) is 1. The molecule has 1 aliphatic carbocycles. The molecule has 0 radical (unpaired) electrons. The molecule has 108 valence electrons. The molecule has 1 aromatic heterocycles. The Bertz CT molecular complexity index is 448. The average molecular weight is 301 g/mol. The second kappa shape index (κ2) is 7.41. The van der Waals surface area contributed by atoms with Gasteiger partial charge in [-0.1, -0.05) is 19.3 Å². The van der Waals surface area contributed by atoms with Crippen LogP contribution in [0.25, 0.3) is 0 Å². The lowest BCUT2D eigenvalue weighted by molar-refractivity contribution is 0.482. The molecule has 1 saturated carbocycles. The van der Waals surface area contributed by atoms with Gasteiger partial charge in [0, 0.05) is 6.54 Å². The zero-order valence-corrected chi connectivity index (χ0v) is 12.9. The molecule has 1 N–H and O–H groups in total. The minimum Gasteiger partial charge on any atom is -0.315 e. The average Bonchev–Trinajstić information content (AvgIpc) is 2.92. The maximum Gasteiger partial charge on any atom is 0.154 e. The van der Waals surface area contributed by atoms with Gasteiger partial charge in [-0.05, 0) is 48.2 Å². The van der Waals surface area contributed by atoms with E-state index in [1.54, 1.807) is 11.3 Å². The predicted molar refractivity (Wildman–Crippen MR) is 81.6 cm³/mol. The standard InChI is InChI=1S/C14H23NO2S2/c16-19(17,14-4-2-1-3-5-14)11-9-15-8-6-13-7-10-18-12-13/h7,10,12,14-15H,1-6,8-9,11H2. The molecule has 0 bridgehead atoms. The van der Waals surface area contributed by atoms with E-state index in [4.69, 9.17) is 0 Å². The molecule has 0 saturated heterocycles. The van der Waals surface area contributed by atoms with Crippen LogP contribution in [0.4, 0.5) is 0 Å². The number of rotatable bonds is 7. The van der Waals surface area contributed by atoms with Crippen molar-refractivity contribution in [2.75, 3.05) is 18.8 Å². The summed E-state index contributed by atoms with van der Waals surface area (Å²) in [7, 11) is -2.88. The third kappa shape index (κ3) is 4.89. The molecule has 5 heteroatoms. The highest BCUT2D eigenvalue weighted by molar-refractivity contribution is 7.92. The smallest absolute Gasteiger partial charge is 0.154 e. The lowest BCUT2D eigenvalue weighted by Gasteiger charge is -2.21. The third-order valence-electron chi connectivity index (χ3n) is 3.79. The Hall–Kier alpha value is -0.390. The minimum absolute atomic E-state index is 0.0695. The van der Waals surface area contributed by atoms with Crippen LogP contribution in [-0.4, -0.2) is 32.5 Å². The van der Waals surface area contributed by atoms with Gasteiger partial charge in [0.1, 0.15) is 0 Å². The molecule has 0 aromatic carbocycles. The zero-order valence-electron chi connectivity index (χ0n) is 11.3. The van der Waals surface area contributed by atoms with E-state index in [0.29, 0.717) is 12.3 Å². The summed E-state index contributed by atoms with van der Waals surface area (Å²) in [6.07, 6.45) is 6.08. The quantitative estimate of drug-likeness (QED) is 0.788. The molecule has 1 aliphatic rings. The molecule has 19 heavy (non-hydrogen) atoms. The van der Waals surface area contributed by atoms with Gasteiger partial charge in [-0.3, -0.25) is 0 Å². The van der Waals surface area contributed by atoms with Gasteiger partial charge in [0.2, 0.25) is 0 Å². The lowest BCUT2D eigenvalue weighted by Crippen LogP contribution is -2.32. The maximum atomic E-state index is 12.1. The summed E-state index contributed by atoms with van der Waals surface area (Å²) in [4.78, 5) is 0. The van der Waals surface area contributed by atoms with Crippen LogP contribution in [0, 0.1) is 0 Å². The van der Waals surface area contributed by atoms with E-state index in [0.717, 1.165) is 38.6 Å². The Morgan fingerprint density at radius 1 is 1.21 bits per heavy atom. The summed E-state index contributed by atoms with van der Waals surface area (Å²) < 4.78 is 24.3. The van der Waals surface area contributed by atoms with Crippen molar-refractivity contribution in [3.8, 4) is 0 Å². The summed E-state index contributed by atoms with van der Waals surface area (Å²) in [5.41, 5.74) is 1.33. The van der Waals surface area contributed by atoms with E-state index in [9.17, 15) is 8.42 Å². The molecule has 0 aliphatic heterocycles. The monoisotopic (exact) mass is 301 g/mol. The second-order valence-corrected chi connectivity index (χ2v) is 8.44. The molecule has 3 nitrogen and oxygen atoms in total. The van der Waals surface area contributed by atoms with E-state index in [-0.39, 0.29) is 5.25 Å². The van der Waals surface area contributed by atoms with Gasteiger partial charge in [-0.2, -0.15) is 11.3 Å². The highest BCUT2D eigenvalue weighted by Crippen LogP contribution is 2.23. The van der Waals surface area contributed by atoms with E-state index in [1.165, 1.54) is 12.0 Å². The number of thiophene rings is 1. The van der Waals surface area contributed by atoms with Crippen LogP contribution in [0.15, 0.2) is 16.8 Å². The van der Waals surface area contributed by atoms with Gasteiger partial charge >= 0.3 is 0 Å². The molecule has 2 rings (SSSR count). The normalized spacial score (nSPS) is 17.7. The van der Waals surface area contributed by atoms with Gasteiger partial charge < -0.3 is 5.32 Å². The minimum atomic E-state index is -2.88. The summed E-state index contributed by atoms with van der Waals surface area (Å²) >= 11 is 1.70. The first-order chi connectivity index (χ1) is 9.18. The SMILES string of the molecule is O=S(=O)(CCNCCc1ccsc1)C1CCCCC1. The Kier molecular flexibility index (Phi) is 5.85. The molecule has 1 aromatic rings. The summed E-state index contributed by atoms with van der Waals surface area (Å²) in [6.45, 7) is 1.44. The van der Waals surface area contributed by atoms with Crippen LogP contribution >= 0.6 is 11.3 Å². The molecular formula is C14H23NO2S2. The van der Waals surface area contributed by atoms with Crippen molar-refractivity contribution in [2.45, 2.75) is 43.8 Å². The van der Waals surface area contributed by atoms with Crippen molar-refractivity contribution in [3.63, 3.8) is 0 Å². The van der Waals surface area contributed by atoms with Crippen molar-refractivity contribution in [1.82, 2.24) is 5.32 Å². The van der Waals surface area contributed by atoms with Gasteiger partial charge in [0.05, 0.1) is 11.0 Å². The van der Waals surface area contributed by atoms with Crippen LogP contribution < -0.4 is 5.32 Å². The first-order valence-electron chi connectivity index (χ1n) is 7.12. The van der Waals surface area contributed by atoms with Crippen molar-refractivity contribution in [2.24, 2.45) is 0 Å². The fourth-order valence-electron chi connectivity index (χ4n) is 2.60. The fraction of sp³-hybridized carbons (Fsp3) is 0.714. The van der Waals surface area contributed by atoms with Crippen LogP contribution in [0.2, 0.25) is 0 Å². The number of sulfone groups is 1. The number of hydrogen-bond acceptors (Lipinski definition) is 4. The van der Waals surface area contributed by atoms with Crippen molar-refractivity contribution in [1.29, 1.82) is 0 Å². The van der Waals surface area contributed by atoms with E-state index in [2.05, 4.69) is 22.1 Å². The maximum absolute atomic E-state index is 12.1. The zero-order chi connectivity index (χ0) is 13.6. The van der Waals surface area contributed by atoms with E-state index < -0.39 is 9.84 Å². The Balaban J connectivity index is 1.64. The topological polar surface area (TPSA) is 46.2 Å². The highest BCUT2D eigenvalue weighted by atomic mass is 32.2. The Labute approximate surface area is 120 Å². The summed E-state index contributed by atoms with van der Waals surface area (Å²) in [6, 6.07) is 2.12. The molecular weight excluding hydrogens is 278 g/mol. The van der Waals surface area contributed by atoms with Crippen LogP contribution in [0.1, 0.15) is 37.7 Å². The first-order valence-corrected chi connectivity index (χ1v) is 9.78. The molecule has 0 amide bonds. The van der Waals surface area contributed by atoms with Gasteiger partial charge in [0.25, 0.3) is 0 Å².